The van der Waals surface area contributed by atoms with Gasteiger partial charge in [0.15, 0.2) is 5.75 Å². The van der Waals surface area contributed by atoms with Crippen molar-refractivity contribution in [1.82, 2.24) is 0 Å². The number of phenolic OH excluding ortho intramolecular Hbond substituents is 1. The van der Waals surface area contributed by atoms with Crippen LogP contribution in [0.2, 0.25) is 0 Å². The molecule has 0 aliphatic heterocycles. The number of phenols is 1. The second-order valence-corrected chi connectivity index (χ2v) is 7.39. The van der Waals surface area contributed by atoms with Crippen molar-refractivity contribution >= 4 is 113 Å². The van der Waals surface area contributed by atoms with Gasteiger partial charge in [-0.3, -0.25) is 13.7 Å². The monoisotopic (exact) mass is 448 g/mol. The molecule has 0 amide bonds. The van der Waals surface area contributed by atoms with E-state index in [0.717, 1.165) is 0 Å². The average Bonchev–Trinajstić information content (AvgIpc) is 2.27. The molecule has 4 N–H and O–H groups in total. The number of thiol groups is 2. The molecule has 1 rings (SSSR count). The zero-order valence-corrected chi connectivity index (χ0v) is 13.8. The Bertz CT molecular complexity index is 791. The zero-order valence-electron chi connectivity index (χ0n) is 9.51. The summed E-state index contributed by atoms with van der Waals surface area (Å²) in [6, 6.07) is 0.239. The number of hydrogen-bond donors (Lipinski definition) is 6. The van der Waals surface area contributed by atoms with Crippen molar-refractivity contribution in [1.29, 1.82) is 0 Å². The summed E-state index contributed by atoms with van der Waals surface area (Å²) in [7, 11) is -15.4. The van der Waals surface area contributed by atoms with Crippen molar-refractivity contribution in [2.75, 3.05) is 0 Å². The minimum absolute atomic E-state index is 0. The van der Waals surface area contributed by atoms with Crippen LogP contribution in [0.25, 0.3) is 0 Å². The maximum atomic E-state index is 10.9. The Morgan fingerprint density at radius 3 is 1.13 bits per heavy atom. The molecular formula is C6H10Na2O10S5. The molecule has 17 heteroatoms. The Morgan fingerprint density at radius 2 is 0.957 bits per heavy atom. The van der Waals surface area contributed by atoms with Gasteiger partial charge in [0.2, 0.25) is 0 Å². The number of rotatable bonds is 3. The van der Waals surface area contributed by atoms with Crippen molar-refractivity contribution in [2.45, 2.75) is 14.7 Å². The second-order valence-electron chi connectivity index (χ2n) is 3.19. The molecule has 0 aliphatic carbocycles. The zero-order chi connectivity index (χ0) is 17.2. The van der Waals surface area contributed by atoms with Gasteiger partial charge in [0.1, 0.15) is 9.79 Å². The average molecular weight is 448 g/mol. The Balaban J connectivity index is -0.000000960. The van der Waals surface area contributed by atoms with Crippen LogP contribution in [-0.2, 0) is 30.4 Å². The molecule has 0 saturated carbocycles. The van der Waals surface area contributed by atoms with E-state index in [9.17, 15) is 30.4 Å². The molecule has 1 aromatic carbocycles. The molecule has 23 heavy (non-hydrogen) atoms. The molecule has 10 nitrogen and oxygen atoms in total. The van der Waals surface area contributed by atoms with Crippen LogP contribution in [0.3, 0.4) is 0 Å². The van der Waals surface area contributed by atoms with Crippen LogP contribution in [0.4, 0.5) is 0 Å². The quantitative estimate of drug-likeness (QED) is 0.139. The predicted octanol–water partition coefficient (Wildman–Crippen LogP) is -1.40. The van der Waals surface area contributed by atoms with Gasteiger partial charge in [-0.15, -0.1) is 23.3 Å². The first kappa shape index (κ1) is 29.2. The van der Waals surface area contributed by atoms with E-state index in [2.05, 4.69) is 23.3 Å². The van der Waals surface area contributed by atoms with Gasteiger partial charge in [-0.1, -0.05) is 0 Å². The molecule has 0 radical (unpaired) electrons. The van der Waals surface area contributed by atoms with Gasteiger partial charge < -0.3 is 5.11 Å². The van der Waals surface area contributed by atoms with Crippen LogP contribution < -0.4 is 0 Å². The number of benzene rings is 1. The van der Waals surface area contributed by atoms with Crippen LogP contribution in [0, 0.1) is 0 Å². The third-order valence-corrected chi connectivity index (χ3v) is 4.43. The molecule has 126 valence electrons. The van der Waals surface area contributed by atoms with E-state index in [1.54, 1.807) is 0 Å². The van der Waals surface area contributed by atoms with Crippen molar-refractivity contribution in [3.63, 3.8) is 0 Å². The van der Waals surface area contributed by atoms with Crippen LogP contribution >= 0.6 is 23.3 Å². The minimum atomic E-state index is -5.20. The van der Waals surface area contributed by atoms with Crippen molar-refractivity contribution in [3.8, 4) is 5.75 Å². The van der Waals surface area contributed by atoms with Crippen LogP contribution in [0.5, 0.6) is 5.75 Å². The summed E-state index contributed by atoms with van der Waals surface area (Å²) < 4.78 is 91.2. The van der Waals surface area contributed by atoms with Crippen molar-refractivity contribution in [3.05, 3.63) is 12.1 Å². The van der Waals surface area contributed by atoms with Gasteiger partial charge >= 0.3 is 59.1 Å². The van der Waals surface area contributed by atoms with Gasteiger partial charge in [0.05, 0.1) is 4.90 Å². The molecule has 0 atom stereocenters. The first-order chi connectivity index (χ1) is 9.24. The topological polar surface area (TPSA) is 183 Å². The molecule has 0 aliphatic rings. The van der Waals surface area contributed by atoms with Crippen molar-refractivity contribution in [2.24, 2.45) is 0 Å². The summed E-state index contributed by atoms with van der Waals surface area (Å²) in [5.41, 5.74) is 0. The van der Waals surface area contributed by atoms with Gasteiger partial charge in [-0.25, -0.2) is 0 Å². The first-order valence-electron chi connectivity index (χ1n) is 4.24. The molecule has 0 heterocycles. The van der Waals surface area contributed by atoms with Crippen LogP contribution in [0.1, 0.15) is 0 Å². The van der Waals surface area contributed by atoms with E-state index in [4.69, 9.17) is 13.7 Å². The van der Waals surface area contributed by atoms with Gasteiger partial charge in [0.25, 0.3) is 30.4 Å². The molecular weight excluding hydrogens is 438 g/mol. The Hall–Kier alpha value is 1.45. The van der Waals surface area contributed by atoms with E-state index < -0.39 is 50.8 Å². The third kappa shape index (κ3) is 8.59. The van der Waals surface area contributed by atoms with E-state index in [0.29, 0.717) is 0 Å². The molecule has 0 spiro atoms. The fourth-order valence-corrected chi connectivity index (χ4v) is 3.11. The van der Waals surface area contributed by atoms with E-state index in [1.165, 1.54) is 0 Å². The normalized spacial score (nSPS) is 11.3. The maximum absolute atomic E-state index is 10.9. The standard InChI is InChI=1S/C6H6O10S3.2Na.H2S2.2H/c7-6-4(18(11,12)13)1-3(17(8,9)10)2-5(6)19(14,15)16;;;1-2;;/h1-2,7H,(H,8,9,10)(H,11,12,13)(H,14,15,16);;;1-2H;;. The van der Waals surface area contributed by atoms with E-state index in [-0.39, 0.29) is 71.2 Å². The SMILES string of the molecule is O=S(=O)(O)c1cc(S(=O)(=O)O)c(O)c(S(=O)(=O)O)c1.SS.[NaH].[NaH]. The molecule has 0 aromatic heterocycles. The van der Waals surface area contributed by atoms with E-state index in [1.807, 2.05) is 0 Å². The summed E-state index contributed by atoms with van der Waals surface area (Å²) in [4.78, 5) is -4.27. The Morgan fingerprint density at radius 1 is 0.696 bits per heavy atom. The summed E-state index contributed by atoms with van der Waals surface area (Å²) >= 11 is 6.44. The van der Waals surface area contributed by atoms with Gasteiger partial charge in [-0.05, 0) is 12.1 Å². The summed E-state index contributed by atoms with van der Waals surface area (Å²) in [5, 5.41) is 9.30. The van der Waals surface area contributed by atoms with Crippen molar-refractivity contribution < 1.29 is 44.0 Å². The van der Waals surface area contributed by atoms with Crippen LogP contribution in [0.15, 0.2) is 26.8 Å². The second kappa shape index (κ2) is 10.6. The fraction of sp³-hybridized carbons (Fsp3) is 0. The first-order valence-corrected chi connectivity index (χ1v) is 10.2. The molecule has 0 bridgehead atoms. The number of aromatic hydroxyl groups is 1. The predicted molar refractivity (Wildman–Crippen MR) is 89.8 cm³/mol. The summed E-state index contributed by atoms with van der Waals surface area (Å²) in [6.07, 6.45) is 0. The molecule has 1 aromatic rings. The fourth-order valence-electron chi connectivity index (χ4n) is 1.10. The summed E-state index contributed by atoms with van der Waals surface area (Å²) in [6.45, 7) is 0. The van der Waals surface area contributed by atoms with Gasteiger partial charge in [0, 0.05) is 0 Å². The molecule has 0 unspecified atom stereocenters. The molecule has 0 saturated heterocycles. The number of hydrogen-bond acceptors (Lipinski definition) is 9. The summed E-state index contributed by atoms with van der Waals surface area (Å²) in [5.74, 6) is -1.59. The Kier molecular flexibility index (Phi) is 13.4. The third-order valence-electron chi connectivity index (χ3n) is 1.87. The molecule has 0 fully saturated rings. The van der Waals surface area contributed by atoms with Crippen LogP contribution in [-0.4, -0.2) is 103 Å². The Labute approximate surface area is 187 Å². The van der Waals surface area contributed by atoms with Gasteiger partial charge in [-0.2, -0.15) is 25.3 Å². The van der Waals surface area contributed by atoms with E-state index >= 15 is 0 Å².